The average Bonchev–Trinajstić information content (AvgIpc) is 2.50. The minimum atomic E-state index is -0.0102. The fraction of sp³-hybridized carbons (Fsp3) is 0.333. The molecule has 0 saturated heterocycles. The van der Waals surface area contributed by atoms with Gasteiger partial charge in [0.05, 0.1) is 12.1 Å². The lowest BCUT2D eigenvalue weighted by Crippen LogP contribution is -2.28. The number of aryl methyl sites for hydroxylation is 1. The Labute approximate surface area is 127 Å². The zero-order chi connectivity index (χ0) is 15.2. The molecule has 1 unspecified atom stereocenters. The van der Waals surface area contributed by atoms with Gasteiger partial charge in [-0.15, -0.1) is 0 Å². The van der Waals surface area contributed by atoms with E-state index in [1.807, 2.05) is 26.0 Å². The summed E-state index contributed by atoms with van der Waals surface area (Å²) in [5, 5.41) is 0. The molecule has 0 aliphatic carbocycles. The number of hydrogen-bond acceptors (Lipinski definition) is 3. The van der Waals surface area contributed by atoms with Crippen LogP contribution in [0.2, 0.25) is 0 Å². The molecule has 2 aromatic rings. The van der Waals surface area contributed by atoms with Crippen LogP contribution in [0.1, 0.15) is 43.5 Å². The van der Waals surface area contributed by atoms with Crippen molar-refractivity contribution in [3.05, 3.63) is 65.2 Å². The number of nitrogens with one attached hydrogen (secondary N) is 1. The molecule has 0 amide bonds. The zero-order valence-electron chi connectivity index (χ0n) is 13.0. The van der Waals surface area contributed by atoms with Crippen molar-refractivity contribution in [2.75, 3.05) is 0 Å². The number of nitrogens with two attached hydrogens (primary N) is 1. The minimum Gasteiger partial charge on any atom is -0.491 e. The van der Waals surface area contributed by atoms with E-state index in [0.29, 0.717) is 0 Å². The Balaban J connectivity index is 2.19. The van der Waals surface area contributed by atoms with Gasteiger partial charge in [0.2, 0.25) is 0 Å². The highest BCUT2D eigenvalue weighted by molar-refractivity contribution is 5.36. The van der Waals surface area contributed by atoms with Gasteiger partial charge in [0.25, 0.3) is 0 Å². The molecule has 2 rings (SSSR count). The average molecular weight is 284 g/mol. The van der Waals surface area contributed by atoms with E-state index in [0.717, 1.165) is 23.3 Å². The summed E-state index contributed by atoms with van der Waals surface area (Å²) < 4.78 is 5.67. The Morgan fingerprint density at radius 3 is 1.90 bits per heavy atom. The monoisotopic (exact) mass is 284 g/mol. The van der Waals surface area contributed by atoms with Crippen molar-refractivity contribution in [1.29, 1.82) is 0 Å². The van der Waals surface area contributed by atoms with Crippen LogP contribution in [0.25, 0.3) is 0 Å². The van der Waals surface area contributed by atoms with E-state index < -0.39 is 0 Å². The lowest BCUT2D eigenvalue weighted by Gasteiger charge is -2.18. The van der Waals surface area contributed by atoms with Crippen LogP contribution in [0, 0.1) is 0 Å². The van der Waals surface area contributed by atoms with E-state index in [1.165, 1.54) is 5.56 Å². The molecule has 0 aliphatic heterocycles. The van der Waals surface area contributed by atoms with Crippen LogP contribution >= 0.6 is 0 Å². The molecule has 0 fully saturated rings. The smallest absolute Gasteiger partial charge is 0.119 e. The van der Waals surface area contributed by atoms with Gasteiger partial charge in [0.15, 0.2) is 0 Å². The van der Waals surface area contributed by atoms with Crippen LogP contribution in [0.15, 0.2) is 48.5 Å². The second-order valence-corrected chi connectivity index (χ2v) is 5.43. The van der Waals surface area contributed by atoms with Crippen LogP contribution in [0.3, 0.4) is 0 Å². The van der Waals surface area contributed by atoms with Crippen LogP contribution < -0.4 is 16.0 Å². The lowest BCUT2D eigenvalue weighted by atomic mass is 9.98. The third-order valence-corrected chi connectivity index (χ3v) is 3.47. The molecule has 21 heavy (non-hydrogen) atoms. The Kier molecular flexibility index (Phi) is 5.37. The Morgan fingerprint density at radius 1 is 0.952 bits per heavy atom. The first-order valence-electron chi connectivity index (χ1n) is 7.45. The van der Waals surface area contributed by atoms with Crippen molar-refractivity contribution in [2.45, 2.75) is 39.3 Å². The first-order chi connectivity index (χ1) is 10.1. The van der Waals surface area contributed by atoms with Crippen LogP contribution in [0.4, 0.5) is 0 Å². The molecule has 0 aromatic heterocycles. The fourth-order valence-corrected chi connectivity index (χ4v) is 2.34. The number of rotatable bonds is 6. The van der Waals surface area contributed by atoms with Crippen LogP contribution in [-0.4, -0.2) is 6.10 Å². The van der Waals surface area contributed by atoms with E-state index in [1.54, 1.807) is 0 Å². The molecular weight excluding hydrogens is 260 g/mol. The van der Waals surface area contributed by atoms with E-state index in [2.05, 4.69) is 48.7 Å². The van der Waals surface area contributed by atoms with Crippen molar-refractivity contribution >= 4 is 0 Å². The molecule has 0 saturated carbocycles. The van der Waals surface area contributed by atoms with Gasteiger partial charge in [0, 0.05) is 0 Å². The second kappa shape index (κ2) is 7.25. The van der Waals surface area contributed by atoms with Crippen molar-refractivity contribution in [1.82, 2.24) is 5.43 Å². The molecule has 0 spiro atoms. The Bertz CT molecular complexity index is 546. The fourth-order valence-electron chi connectivity index (χ4n) is 2.34. The maximum absolute atomic E-state index is 5.74. The normalized spacial score (nSPS) is 12.4. The highest BCUT2D eigenvalue weighted by Gasteiger charge is 2.12. The first-order valence-corrected chi connectivity index (χ1v) is 7.45. The largest absolute Gasteiger partial charge is 0.491 e. The maximum atomic E-state index is 5.74. The van der Waals surface area contributed by atoms with E-state index >= 15 is 0 Å². The molecule has 2 aromatic carbocycles. The summed E-state index contributed by atoms with van der Waals surface area (Å²) in [5.74, 6) is 6.63. The molecule has 0 heterocycles. The molecule has 1 atom stereocenters. The zero-order valence-corrected chi connectivity index (χ0v) is 13.0. The number of hydrazine groups is 1. The third-order valence-electron chi connectivity index (χ3n) is 3.47. The minimum absolute atomic E-state index is 0.0102. The predicted octanol–water partition coefficient (Wildman–Crippen LogP) is 3.59. The Morgan fingerprint density at radius 2 is 1.48 bits per heavy atom. The molecule has 3 N–H and O–H groups in total. The Hall–Kier alpha value is -1.84. The molecule has 0 radical (unpaired) electrons. The van der Waals surface area contributed by atoms with Crippen LogP contribution in [0.5, 0.6) is 5.75 Å². The summed E-state index contributed by atoms with van der Waals surface area (Å²) in [5.41, 5.74) is 6.50. The van der Waals surface area contributed by atoms with Gasteiger partial charge in [-0.2, -0.15) is 0 Å². The summed E-state index contributed by atoms with van der Waals surface area (Å²) >= 11 is 0. The van der Waals surface area contributed by atoms with Gasteiger partial charge in [-0.3, -0.25) is 5.84 Å². The topological polar surface area (TPSA) is 47.3 Å². The molecule has 3 nitrogen and oxygen atoms in total. The number of ether oxygens (including phenoxy) is 1. The van der Waals surface area contributed by atoms with Gasteiger partial charge in [-0.05, 0) is 49.1 Å². The van der Waals surface area contributed by atoms with Crippen molar-refractivity contribution < 1.29 is 4.74 Å². The van der Waals surface area contributed by atoms with E-state index in [-0.39, 0.29) is 12.1 Å². The molecule has 0 bridgehead atoms. The van der Waals surface area contributed by atoms with Crippen molar-refractivity contribution in [3.8, 4) is 5.75 Å². The number of hydrogen-bond donors (Lipinski definition) is 2. The second-order valence-electron chi connectivity index (χ2n) is 5.43. The summed E-state index contributed by atoms with van der Waals surface area (Å²) in [6, 6.07) is 16.6. The standard InChI is InChI=1S/C18H24N2O/c1-4-14-5-7-15(8-6-14)18(20-19)16-9-11-17(12-10-16)21-13(2)3/h5-13,18,20H,4,19H2,1-3H3. The maximum Gasteiger partial charge on any atom is 0.119 e. The summed E-state index contributed by atoms with van der Waals surface area (Å²) in [6.45, 7) is 6.20. The van der Waals surface area contributed by atoms with Crippen molar-refractivity contribution in [3.63, 3.8) is 0 Å². The summed E-state index contributed by atoms with van der Waals surface area (Å²) in [4.78, 5) is 0. The molecule has 112 valence electrons. The molecular formula is C18H24N2O. The number of benzene rings is 2. The van der Waals surface area contributed by atoms with Gasteiger partial charge in [-0.25, -0.2) is 5.43 Å². The summed E-state index contributed by atoms with van der Waals surface area (Å²) in [6.07, 6.45) is 1.23. The summed E-state index contributed by atoms with van der Waals surface area (Å²) in [7, 11) is 0. The van der Waals surface area contributed by atoms with Crippen LogP contribution in [-0.2, 0) is 6.42 Å². The lowest BCUT2D eigenvalue weighted by molar-refractivity contribution is 0.242. The van der Waals surface area contributed by atoms with Gasteiger partial charge in [-0.1, -0.05) is 43.3 Å². The van der Waals surface area contributed by atoms with Gasteiger partial charge >= 0.3 is 0 Å². The predicted molar refractivity (Wildman–Crippen MR) is 87.2 cm³/mol. The van der Waals surface area contributed by atoms with Gasteiger partial charge in [0.1, 0.15) is 5.75 Å². The highest BCUT2D eigenvalue weighted by Crippen LogP contribution is 2.24. The van der Waals surface area contributed by atoms with Gasteiger partial charge < -0.3 is 4.74 Å². The quantitative estimate of drug-likeness (QED) is 0.629. The van der Waals surface area contributed by atoms with Crippen molar-refractivity contribution in [2.24, 2.45) is 5.84 Å². The first kappa shape index (κ1) is 15.5. The molecule has 3 heteroatoms. The van der Waals surface area contributed by atoms with E-state index in [9.17, 15) is 0 Å². The van der Waals surface area contributed by atoms with E-state index in [4.69, 9.17) is 10.6 Å². The highest BCUT2D eigenvalue weighted by atomic mass is 16.5. The SMILES string of the molecule is CCc1ccc(C(NN)c2ccc(OC(C)C)cc2)cc1. The molecule has 0 aliphatic rings. The third kappa shape index (κ3) is 4.06.